The normalized spacial score (nSPS) is 13.1. The molecule has 0 bridgehead atoms. The highest BCUT2D eigenvalue weighted by Gasteiger charge is 2.19. The molecule has 2 heterocycles. The molecule has 0 saturated heterocycles. The Morgan fingerprint density at radius 3 is 2.79 bits per heavy atom. The maximum Gasteiger partial charge on any atom is 0.166 e. The summed E-state index contributed by atoms with van der Waals surface area (Å²) in [4.78, 5) is 0. The van der Waals surface area contributed by atoms with Gasteiger partial charge in [-0.25, -0.2) is 0 Å². The van der Waals surface area contributed by atoms with E-state index in [1.54, 1.807) is 6.07 Å². The smallest absolute Gasteiger partial charge is 0.166 e. The Labute approximate surface area is 169 Å². The largest absolute Gasteiger partial charge is 0.490 e. The van der Waals surface area contributed by atoms with Crippen molar-refractivity contribution >= 4 is 11.6 Å². The summed E-state index contributed by atoms with van der Waals surface area (Å²) in [6.07, 6.45) is 0.873. The second-order valence-corrected chi connectivity index (χ2v) is 7.21. The van der Waals surface area contributed by atoms with Crippen molar-refractivity contribution in [2.45, 2.75) is 26.8 Å². The van der Waals surface area contributed by atoms with E-state index in [1.165, 1.54) is 0 Å². The Balaban J connectivity index is 1.71. The molecule has 0 saturated carbocycles. The second kappa shape index (κ2) is 7.57. The molecule has 1 aromatic heterocycles. The van der Waals surface area contributed by atoms with Crippen LogP contribution in [0.3, 0.4) is 0 Å². The molecule has 28 heavy (non-hydrogen) atoms. The quantitative estimate of drug-likeness (QED) is 0.634. The average molecular weight is 394 g/mol. The molecule has 0 N–H and O–H groups in total. The lowest BCUT2D eigenvalue weighted by atomic mass is 10.0. The third-order valence-electron chi connectivity index (χ3n) is 4.93. The van der Waals surface area contributed by atoms with Crippen molar-refractivity contribution in [1.82, 2.24) is 9.78 Å². The molecule has 0 fully saturated rings. The number of halogens is 1. The highest BCUT2D eigenvalue weighted by atomic mass is 35.5. The molecule has 1 aliphatic heterocycles. The number of rotatable bonds is 3. The van der Waals surface area contributed by atoms with Crippen LogP contribution in [0.25, 0.3) is 11.1 Å². The zero-order chi connectivity index (χ0) is 19.7. The summed E-state index contributed by atoms with van der Waals surface area (Å²) >= 11 is 6.24. The van der Waals surface area contributed by atoms with Crippen LogP contribution in [0, 0.1) is 25.2 Å². The summed E-state index contributed by atoms with van der Waals surface area (Å²) in [5, 5.41) is 14.3. The number of hydrogen-bond acceptors (Lipinski definition) is 4. The van der Waals surface area contributed by atoms with E-state index in [0.29, 0.717) is 30.3 Å². The van der Waals surface area contributed by atoms with Crippen LogP contribution in [-0.2, 0) is 6.54 Å². The van der Waals surface area contributed by atoms with Crippen LogP contribution < -0.4 is 9.47 Å². The van der Waals surface area contributed by atoms with Crippen LogP contribution in [0.5, 0.6) is 11.5 Å². The van der Waals surface area contributed by atoms with Gasteiger partial charge in [-0.1, -0.05) is 29.8 Å². The number of ether oxygens (including phenoxy) is 2. The number of aryl methyl sites for hydroxylation is 1. The van der Waals surface area contributed by atoms with Crippen molar-refractivity contribution in [3.8, 4) is 28.7 Å². The maximum absolute atomic E-state index is 9.10. The molecule has 0 atom stereocenters. The van der Waals surface area contributed by atoms with Crippen LogP contribution in [0.2, 0.25) is 5.02 Å². The summed E-state index contributed by atoms with van der Waals surface area (Å²) < 4.78 is 13.7. The molecule has 2 aromatic carbocycles. The Kier molecular flexibility index (Phi) is 4.97. The first kappa shape index (κ1) is 18.4. The molecule has 0 amide bonds. The number of benzene rings is 2. The summed E-state index contributed by atoms with van der Waals surface area (Å²) in [5.74, 6) is 1.59. The second-order valence-electron chi connectivity index (χ2n) is 6.80. The molecule has 6 heteroatoms. The Morgan fingerprint density at radius 1 is 1.18 bits per heavy atom. The topological polar surface area (TPSA) is 60.1 Å². The first-order chi connectivity index (χ1) is 13.6. The van der Waals surface area contributed by atoms with Crippen LogP contribution >= 0.6 is 11.6 Å². The standard InChI is InChI=1S/C22H20ClN3O2/c1-14-21(16-7-8-17(12-24)19(23)11-16)15(2)26(25-14)13-18-5-3-6-20-22(18)28-10-4-9-27-20/h3,5-8,11H,4,9-10,13H2,1-2H3. The van der Waals surface area contributed by atoms with Gasteiger partial charge in [0.2, 0.25) is 0 Å². The van der Waals surface area contributed by atoms with Crippen molar-refractivity contribution in [3.05, 3.63) is 63.9 Å². The van der Waals surface area contributed by atoms with Gasteiger partial charge in [-0.05, 0) is 37.6 Å². The van der Waals surface area contributed by atoms with Crippen LogP contribution in [0.1, 0.15) is 28.9 Å². The van der Waals surface area contributed by atoms with Gasteiger partial charge in [-0.2, -0.15) is 10.4 Å². The van der Waals surface area contributed by atoms with Gasteiger partial charge in [-0.3, -0.25) is 4.68 Å². The lowest BCUT2D eigenvalue weighted by molar-refractivity contribution is 0.296. The minimum Gasteiger partial charge on any atom is -0.490 e. The highest BCUT2D eigenvalue weighted by Crippen LogP contribution is 2.35. The number of aromatic nitrogens is 2. The van der Waals surface area contributed by atoms with E-state index in [1.807, 2.05) is 48.9 Å². The molecule has 3 aromatic rings. The molecule has 0 spiro atoms. The molecule has 4 rings (SSSR count). The maximum atomic E-state index is 9.10. The molecule has 1 aliphatic rings. The predicted octanol–water partition coefficient (Wildman–Crippen LogP) is 4.90. The van der Waals surface area contributed by atoms with Crippen molar-refractivity contribution in [2.24, 2.45) is 0 Å². The fourth-order valence-corrected chi connectivity index (χ4v) is 3.79. The molecule has 5 nitrogen and oxygen atoms in total. The predicted molar refractivity (Wildman–Crippen MR) is 108 cm³/mol. The number of para-hydroxylation sites is 1. The minimum absolute atomic E-state index is 0.450. The molecule has 0 unspecified atom stereocenters. The Morgan fingerprint density at radius 2 is 2.00 bits per heavy atom. The van der Waals surface area contributed by atoms with Crippen molar-refractivity contribution in [3.63, 3.8) is 0 Å². The van der Waals surface area contributed by atoms with Crippen LogP contribution in [0.15, 0.2) is 36.4 Å². The Hall–Kier alpha value is -2.97. The van der Waals surface area contributed by atoms with E-state index < -0.39 is 0 Å². The molecule has 142 valence electrons. The van der Waals surface area contributed by atoms with Crippen molar-refractivity contribution < 1.29 is 9.47 Å². The zero-order valence-electron chi connectivity index (χ0n) is 15.8. The summed E-state index contributed by atoms with van der Waals surface area (Å²) in [6.45, 7) is 5.93. The first-order valence-electron chi connectivity index (χ1n) is 9.20. The third-order valence-corrected chi connectivity index (χ3v) is 5.25. The molecule has 0 aliphatic carbocycles. The third kappa shape index (κ3) is 3.32. The minimum atomic E-state index is 0.450. The number of hydrogen-bond donors (Lipinski definition) is 0. The van der Waals surface area contributed by atoms with E-state index >= 15 is 0 Å². The van der Waals surface area contributed by atoms with Gasteiger partial charge in [0, 0.05) is 23.2 Å². The fraction of sp³-hybridized carbons (Fsp3) is 0.273. The number of fused-ring (bicyclic) bond motifs is 1. The highest BCUT2D eigenvalue weighted by molar-refractivity contribution is 6.32. The van der Waals surface area contributed by atoms with Crippen LogP contribution in [-0.4, -0.2) is 23.0 Å². The monoisotopic (exact) mass is 393 g/mol. The van der Waals surface area contributed by atoms with Gasteiger partial charge in [-0.15, -0.1) is 0 Å². The summed E-state index contributed by atoms with van der Waals surface area (Å²) in [5.41, 5.74) is 5.44. The van der Waals surface area contributed by atoms with Crippen molar-refractivity contribution in [1.29, 1.82) is 5.26 Å². The summed E-state index contributed by atoms with van der Waals surface area (Å²) in [6, 6.07) is 13.5. The fourth-order valence-electron chi connectivity index (χ4n) is 3.57. The van der Waals surface area contributed by atoms with E-state index in [2.05, 4.69) is 6.07 Å². The lowest BCUT2D eigenvalue weighted by Gasteiger charge is -2.13. The lowest BCUT2D eigenvalue weighted by Crippen LogP contribution is -2.06. The van der Waals surface area contributed by atoms with Crippen molar-refractivity contribution in [2.75, 3.05) is 13.2 Å². The summed E-state index contributed by atoms with van der Waals surface area (Å²) in [7, 11) is 0. The Bertz CT molecular complexity index is 1080. The van der Waals surface area contributed by atoms with E-state index in [9.17, 15) is 0 Å². The zero-order valence-corrected chi connectivity index (χ0v) is 16.6. The molecular formula is C22H20ClN3O2. The van der Waals surface area contributed by atoms with Gasteiger partial charge in [0.25, 0.3) is 0 Å². The number of nitriles is 1. The average Bonchev–Trinajstić information content (AvgIpc) is 2.86. The molecule has 0 radical (unpaired) electrons. The van der Waals surface area contributed by atoms with Gasteiger partial charge >= 0.3 is 0 Å². The molecular weight excluding hydrogens is 374 g/mol. The first-order valence-corrected chi connectivity index (χ1v) is 9.58. The van der Waals surface area contributed by atoms with E-state index in [0.717, 1.165) is 46.0 Å². The van der Waals surface area contributed by atoms with Crippen LogP contribution in [0.4, 0.5) is 0 Å². The van der Waals surface area contributed by atoms with Gasteiger partial charge in [0.1, 0.15) is 6.07 Å². The van der Waals surface area contributed by atoms with E-state index in [4.69, 9.17) is 31.4 Å². The SMILES string of the molecule is Cc1nn(Cc2cccc3c2OCCCO3)c(C)c1-c1ccc(C#N)c(Cl)c1. The van der Waals surface area contributed by atoms with Gasteiger partial charge < -0.3 is 9.47 Å². The van der Waals surface area contributed by atoms with Gasteiger partial charge in [0.05, 0.1) is 36.0 Å². The van der Waals surface area contributed by atoms with E-state index in [-0.39, 0.29) is 0 Å². The van der Waals surface area contributed by atoms with Gasteiger partial charge in [0.15, 0.2) is 11.5 Å². The number of nitrogens with zero attached hydrogens (tertiary/aromatic N) is 3.